The Labute approximate surface area is 103 Å². The van der Waals surface area contributed by atoms with Gasteiger partial charge >= 0.3 is 0 Å². The molecule has 0 amide bonds. The molecule has 0 bridgehead atoms. The van der Waals surface area contributed by atoms with E-state index in [0.29, 0.717) is 5.92 Å². The fourth-order valence-corrected chi connectivity index (χ4v) is 1.88. The maximum Gasteiger partial charge on any atom is 0.133 e. The Balaban J connectivity index is 1.97. The van der Waals surface area contributed by atoms with Gasteiger partial charge < -0.3 is 4.57 Å². The number of aromatic nitrogens is 3. The third-order valence-electron chi connectivity index (χ3n) is 2.77. The summed E-state index contributed by atoms with van der Waals surface area (Å²) in [4.78, 5) is 0. The molecule has 3 nitrogen and oxygen atoms in total. The van der Waals surface area contributed by atoms with Gasteiger partial charge in [-0.15, -0.1) is 10.2 Å². The van der Waals surface area contributed by atoms with E-state index in [1.807, 2.05) is 12.4 Å². The van der Waals surface area contributed by atoms with Crippen LogP contribution in [0.1, 0.15) is 25.2 Å². The van der Waals surface area contributed by atoms with Crippen LogP contribution in [0.2, 0.25) is 0 Å². The first-order valence-corrected chi connectivity index (χ1v) is 6.16. The van der Waals surface area contributed by atoms with Crippen LogP contribution in [0.25, 0.3) is 0 Å². The summed E-state index contributed by atoms with van der Waals surface area (Å²) in [6.45, 7) is 5.37. The summed E-state index contributed by atoms with van der Waals surface area (Å²) < 4.78 is 2.16. The number of aryl methyl sites for hydroxylation is 2. The Bertz CT molecular complexity index is 446. The topological polar surface area (TPSA) is 30.7 Å². The van der Waals surface area contributed by atoms with Gasteiger partial charge in [0, 0.05) is 13.0 Å². The van der Waals surface area contributed by atoms with Gasteiger partial charge in [-0.1, -0.05) is 44.2 Å². The van der Waals surface area contributed by atoms with Gasteiger partial charge in [0.05, 0.1) is 0 Å². The van der Waals surface area contributed by atoms with Gasteiger partial charge in [0.25, 0.3) is 0 Å². The SMILES string of the molecule is CC(C)Cc1nncn1CCc1ccccc1. The molecule has 2 rings (SSSR count). The van der Waals surface area contributed by atoms with Crippen LogP contribution >= 0.6 is 0 Å². The fourth-order valence-electron chi connectivity index (χ4n) is 1.88. The fraction of sp³-hybridized carbons (Fsp3) is 0.429. The molecular formula is C14H19N3. The van der Waals surface area contributed by atoms with Crippen LogP contribution in [0.4, 0.5) is 0 Å². The molecule has 0 radical (unpaired) electrons. The molecule has 0 atom stereocenters. The minimum Gasteiger partial charge on any atom is -0.317 e. The highest BCUT2D eigenvalue weighted by Crippen LogP contribution is 2.07. The first kappa shape index (κ1) is 11.8. The predicted octanol–water partition coefficient (Wildman–Crippen LogP) is 2.72. The largest absolute Gasteiger partial charge is 0.317 e. The molecule has 0 aliphatic heterocycles. The van der Waals surface area contributed by atoms with Crippen molar-refractivity contribution in [1.82, 2.24) is 14.8 Å². The molecule has 1 aromatic carbocycles. The molecule has 0 aliphatic rings. The molecule has 90 valence electrons. The first-order valence-electron chi connectivity index (χ1n) is 6.16. The third-order valence-corrected chi connectivity index (χ3v) is 2.77. The Morgan fingerprint density at radius 2 is 1.94 bits per heavy atom. The van der Waals surface area contributed by atoms with Gasteiger partial charge in [0.15, 0.2) is 0 Å². The zero-order valence-electron chi connectivity index (χ0n) is 10.5. The van der Waals surface area contributed by atoms with Gasteiger partial charge in [0.1, 0.15) is 12.2 Å². The van der Waals surface area contributed by atoms with E-state index in [0.717, 1.165) is 25.2 Å². The molecule has 0 N–H and O–H groups in total. The highest BCUT2D eigenvalue weighted by Gasteiger charge is 2.06. The van der Waals surface area contributed by atoms with Crippen LogP contribution in [0.3, 0.4) is 0 Å². The van der Waals surface area contributed by atoms with E-state index >= 15 is 0 Å². The molecule has 0 fully saturated rings. The highest BCUT2D eigenvalue weighted by molar-refractivity contribution is 5.14. The average molecular weight is 229 g/mol. The summed E-state index contributed by atoms with van der Waals surface area (Å²) in [5.74, 6) is 1.71. The second-order valence-electron chi connectivity index (χ2n) is 4.77. The van der Waals surface area contributed by atoms with Crippen molar-refractivity contribution < 1.29 is 0 Å². The van der Waals surface area contributed by atoms with Crippen molar-refractivity contribution in [1.29, 1.82) is 0 Å². The maximum absolute atomic E-state index is 4.18. The van der Waals surface area contributed by atoms with E-state index in [1.165, 1.54) is 5.56 Å². The highest BCUT2D eigenvalue weighted by atomic mass is 15.3. The Morgan fingerprint density at radius 3 is 2.65 bits per heavy atom. The summed E-state index contributed by atoms with van der Waals surface area (Å²) in [7, 11) is 0. The van der Waals surface area contributed by atoms with E-state index in [9.17, 15) is 0 Å². The average Bonchev–Trinajstić information content (AvgIpc) is 2.74. The lowest BCUT2D eigenvalue weighted by atomic mass is 10.1. The van der Waals surface area contributed by atoms with Crippen LogP contribution in [0.5, 0.6) is 0 Å². The third kappa shape index (κ3) is 3.41. The van der Waals surface area contributed by atoms with Gasteiger partial charge in [-0.05, 0) is 17.9 Å². The van der Waals surface area contributed by atoms with Gasteiger partial charge in [0.2, 0.25) is 0 Å². The number of hydrogen-bond acceptors (Lipinski definition) is 2. The molecular weight excluding hydrogens is 210 g/mol. The zero-order chi connectivity index (χ0) is 12.1. The lowest BCUT2D eigenvalue weighted by Gasteiger charge is -2.08. The van der Waals surface area contributed by atoms with Crippen LogP contribution in [-0.2, 0) is 19.4 Å². The lowest BCUT2D eigenvalue weighted by Crippen LogP contribution is -2.08. The zero-order valence-corrected chi connectivity index (χ0v) is 10.5. The van der Waals surface area contributed by atoms with Gasteiger partial charge in [-0.3, -0.25) is 0 Å². The van der Waals surface area contributed by atoms with Crippen molar-refractivity contribution >= 4 is 0 Å². The Kier molecular flexibility index (Phi) is 3.91. The van der Waals surface area contributed by atoms with Crippen LogP contribution in [0.15, 0.2) is 36.7 Å². The lowest BCUT2D eigenvalue weighted by molar-refractivity contribution is 0.571. The standard InChI is InChI=1S/C14H19N3/c1-12(2)10-14-16-15-11-17(14)9-8-13-6-4-3-5-7-13/h3-7,11-12H,8-10H2,1-2H3. The molecule has 1 aromatic heterocycles. The summed E-state index contributed by atoms with van der Waals surface area (Å²) in [5.41, 5.74) is 1.36. The van der Waals surface area contributed by atoms with E-state index in [2.05, 4.69) is 52.9 Å². The summed E-state index contributed by atoms with van der Waals surface area (Å²) in [6.07, 6.45) is 3.86. The quantitative estimate of drug-likeness (QED) is 0.789. The maximum atomic E-state index is 4.18. The molecule has 17 heavy (non-hydrogen) atoms. The molecule has 0 saturated carbocycles. The molecule has 2 aromatic rings. The van der Waals surface area contributed by atoms with E-state index < -0.39 is 0 Å². The van der Waals surface area contributed by atoms with Crippen molar-refractivity contribution in [2.75, 3.05) is 0 Å². The predicted molar refractivity (Wildman–Crippen MR) is 68.7 cm³/mol. The Morgan fingerprint density at radius 1 is 1.18 bits per heavy atom. The van der Waals surface area contributed by atoms with Crippen molar-refractivity contribution in [2.24, 2.45) is 5.92 Å². The smallest absolute Gasteiger partial charge is 0.133 e. The number of benzene rings is 1. The first-order chi connectivity index (χ1) is 8.25. The molecule has 0 aliphatic carbocycles. The minimum absolute atomic E-state index is 0.620. The second kappa shape index (κ2) is 5.62. The molecule has 0 spiro atoms. The molecule has 0 saturated heterocycles. The van der Waals surface area contributed by atoms with E-state index in [1.54, 1.807) is 0 Å². The molecule has 1 heterocycles. The monoisotopic (exact) mass is 229 g/mol. The van der Waals surface area contributed by atoms with Crippen LogP contribution < -0.4 is 0 Å². The molecule has 0 unspecified atom stereocenters. The normalized spacial score (nSPS) is 11.0. The van der Waals surface area contributed by atoms with Gasteiger partial charge in [-0.2, -0.15) is 0 Å². The van der Waals surface area contributed by atoms with Crippen molar-refractivity contribution in [2.45, 2.75) is 33.2 Å². The van der Waals surface area contributed by atoms with Gasteiger partial charge in [-0.25, -0.2) is 0 Å². The van der Waals surface area contributed by atoms with Crippen molar-refractivity contribution in [3.05, 3.63) is 48.0 Å². The van der Waals surface area contributed by atoms with Crippen LogP contribution in [0, 0.1) is 5.92 Å². The van der Waals surface area contributed by atoms with E-state index in [-0.39, 0.29) is 0 Å². The summed E-state index contributed by atoms with van der Waals surface area (Å²) in [5, 5.41) is 8.18. The van der Waals surface area contributed by atoms with E-state index in [4.69, 9.17) is 0 Å². The van der Waals surface area contributed by atoms with Crippen molar-refractivity contribution in [3.8, 4) is 0 Å². The van der Waals surface area contributed by atoms with Crippen molar-refractivity contribution in [3.63, 3.8) is 0 Å². The molecule has 3 heteroatoms. The Hall–Kier alpha value is -1.64. The minimum atomic E-state index is 0.620. The number of rotatable bonds is 5. The number of hydrogen-bond donors (Lipinski definition) is 0. The summed E-state index contributed by atoms with van der Waals surface area (Å²) in [6, 6.07) is 10.5. The van der Waals surface area contributed by atoms with Crippen LogP contribution in [-0.4, -0.2) is 14.8 Å². The second-order valence-corrected chi connectivity index (χ2v) is 4.77. The number of nitrogens with zero attached hydrogens (tertiary/aromatic N) is 3. The summed E-state index contributed by atoms with van der Waals surface area (Å²) >= 11 is 0.